The minimum absolute atomic E-state index is 0.272. The zero-order chi connectivity index (χ0) is 13.3. The molecule has 0 atom stereocenters. The molecule has 0 unspecified atom stereocenters. The molecule has 1 heterocycles. The summed E-state index contributed by atoms with van der Waals surface area (Å²) in [6.07, 6.45) is 1.68. The summed E-state index contributed by atoms with van der Waals surface area (Å²) in [6, 6.07) is 5.00. The van der Waals surface area contributed by atoms with E-state index in [0.717, 1.165) is 0 Å². The van der Waals surface area contributed by atoms with Gasteiger partial charge in [-0.1, -0.05) is 29.3 Å². The maximum atomic E-state index is 12.0. The molecule has 0 bridgehead atoms. The number of carbonyl (C=O) groups excluding carboxylic acids is 1. The highest BCUT2D eigenvalue weighted by molar-refractivity contribution is 9.10. The van der Waals surface area contributed by atoms with E-state index >= 15 is 0 Å². The zero-order valence-corrected chi connectivity index (χ0v) is 12.3. The van der Waals surface area contributed by atoms with Gasteiger partial charge in [0.1, 0.15) is 0 Å². The van der Waals surface area contributed by atoms with Crippen molar-refractivity contribution in [3.8, 4) is 0 Å². The van der Waals surface area contributed by atoms with Crippen LogP contribution < -0.4 is 5.32 Å². The second-order valence-electron chi connectivity index (χ2n) is 3.55. The maximum Gasteiger partial charge on any atom is 0.277 e. The van der Waals surface area contributed by atoms with Crippen LogP contribution in [0.5, 0.6) is 0 Å². The van der Waals surface area contributed by atoms with E-state index in [1.54, 1.807) is 31.4 Å². The van der Waals surface area contributed by atoms with Gasteiger partial charge in [0, 0.05) is 13.2 Å². The number of benzene rings is 1. The van der Waals surface area contributed by atoms with Crippen LogP contribution in [0.4, 0.5) is 5.69 Å². The molecule has 0 aliphatic rings. The number of carbonyl (C=O) groups is 1. The molecule has 1 aromatic heterocycles. The van der Waals surface area contributed by atoms with Crippen LogP contribution in [0, 0.1) is 0 Å². The van der Waals surface area contributed by atoms with Gasteiger partial charge in [0.25, 0.3) is 5.91 Å². The van der Waals surface area contributed by atoms with Gasteiger partial charge in [-0.15, -0.1) is 0 Å². The average Bonchev–Trinajstić information content (AvgIpc) is 2.63. The van der Waals surface area contributed by atoms with Crippen LogP contribution in [0.1, 0.15) is 10.5 Å². The van der Waals surface area contributed by atoms with Crippen molar-refractivity contribution < 1.29 is 4.79 Å². The molecule has 0 fully saturated rings. The number of nitrogens with zero attached hydrogens (tertiary/aromatic N) is 2. The normalized spacial score (nSPS) is 10.4. The highest BCUT2D eigenvalue weighted by Crippen LogP contribution is 2.30. The molecular weight excluding hydrogens is 341 g/mol. The van der Waals surface area contributed by atoms with E-state index in [0.29, 0.717) is 20.2 Å². The van der Waals surface area contributed by atoms with Gasteiger partial charge in [0.15, 0.2) is 5.69 Å². The van der Waals surface area contributed by atoms with Crippen LogP contribution in [-0.4, -0.2) is 15.7 Å². The predicted octanol–water partition coefficient (Wildman–Crippen LogP) is 3.74. The molecule has 7 heteroatoms. The summed E-state index contributed by atoms with van der Waals surface area (Å²) >= 11 is 15.2. The van der Waals surface area contributed by atoms with E-state index in [-0.39, 0.29) is 11.6 Å². The first-order valence-corrected chi connectivity index (χ1v) is 6.48. The van der Waals surface area contributed by atoms with Crippen molar-refractivity contribution in [3.63, 3.8) is 0 Å². The third kappa shape index (κ3) is 2.68. The van der Waals surface area contributed by atoms with Gasteiger partial charge in [-0.25, -0.2) is 0 Å². The van der Waals surface area contributed by atoms with E-state index < -0.39 is 0 Å². The lowest BCUT2D eigenvalue weighted by molar-refractivity contribution is 0.102. The number of anilines is 1. The summed E-state index contributed by atoms with van der Waals surface area (Å²) in [5, 5.41) is 7.43. The molecule has 1 aromatic carbocycles. The first-order valence-electron chi connectivity index (χ1n) is 4.93. The molecule has 2 rings (SSSR count). The molecule has 4 nitrogen and oxygen atoms in total. The molecule has 2 aromatic rings. The van der Waals surface area contributed by atoms with Crippen molar-refractivity contribution in [2.75, 3.05) is 5.32 Å². The highest BCUT2D eigenvalue weighted by Gasteiger charge is 2.16. The first kappa shape index (κ1) is 13.4. The Hall–Kier alpha value is -1.04. The molecule has 0 saturated carbocycles. The molecule has 94 valence electrons. The predicted molar refractivity (Wildman–Crippen MR) is 75.3 cm³/mol. The van der Waals surface area contributed by atoms with Crippen molar-refractivity contribution >= 4 is 50.7 Å². The summed E-state index contributed by atoms with van der Waals surface area (Å²) in [5.74, 6) is -0.377. The van der Waals surface area contributed by atoms with Gasteiger partial charge in [0.05, 0.1) is 20.2 Å². The van der Waals surface area contributed by atoms with E-state index in [1.165, 1.54) is 4.68 Å². The Bertz CT molecular complexity index is 592. The van der Waals surface area contributed by atoms with Crippen molar-refractivity contribution in [2.45, 2.75) is 0 Å². The van der Waals surface area contributed by atoms with Gasteiger partial charge in [-0.05, 0) is 28.1 Å². The fraction of sp³-hybridized carbons (Fsp3) is 0.0909. The number of hydrogen-bond acceptors (Lipinski definition) is 2. The second-order valence-corrected chi connectivity index (χ2v) is 5.22. The molecule has 0 aliphatic carbocycles. The highest BCUT2D eigenvalue weighted by atomic mass is 79.9. The van der Waals surface area contributed by atoms with Crippen LogP contribution in [0.25, 0.3) is 0 Å². The van der Waals surface area contributed by atoms with Crippen LogP contribution in [0.3, 0.4) is 0 Å². The standard InChI is InChI=1S/C11H8BrCl2N3O/c1-17-5-6(12)9(16-17)11(18)15-10-7(13)3-2-4-8(10)14/h2-5H,1H3,(H,15,18). The van der Waals surface area contributed by atoms with Crippen LogP contribution >= 0.6 is 39.1 Å². The second kappa shape index (κ2) is 5.30. The van der Waals surface area contributed by atoms with Gasteiger partial charge >= 0.3 is 0 Å². The van der Waals surface area contributed by atoms with Crippen LogP contribution in [0.2, 0.25) is 10.0 Å². The molecule has 1 amide bonds. The Morgan fingerprint density at radius 3 is 2.50 bits per heavy atom. The number of rotatable bonds is 2. The van der Waals surface area contributed by atoms with Gasteiger partial charge in [-0.2, -0.15) is 5.10 Å². The molecular formula is C11H8BrCl2N3O. The quantitative estimate of drug-likeness (QED) is 0.898. The number of hydrogen-bond donors (Lipinski definition) is 1. The van der Waals surface area contributed by atoms with Crippen molar-refractivity contribution in [2.24, 2.45) is 7.05 Å². The largest absolute Gasteiger partial charge is 0.318 e. The average molecular weight is 349 g/mol. The number of halogens is 3. The SMILES string of the molecule is Cn1cc(Br)c(C(=O)Nc2c(Cl)cccc2Cl)n1. The Labute approximate surface area is 122 Å². The number of para-hydroxylation sites is 1. The molecule has 0 spiro atoms. The van der Waals surface area contributed by atoms with E-state index in [1.807, 2.05) is 0 Å². The van der Waals surface area contributed by atoms with Gasteiger partial charge < -0.3 is 5.32 Å². The third-order valence-corrected chi connectivity index (χ3v) is 3.41. The van der Waals surface area contributed by atoms with E-state index in [4.69, 9.17) is 23.2 Å². The maximum absolute atomic E-state index is 12.0. The Kier molecular flexibility index (Phi) is 3.94. The van der Waals surface area contributed by atoms with Gasteiger partial charge in [0.2, 0.25) is 0 Å². The van der Waals surface area contributed by atoms with E-state index in [9.17, 15) is 4.79 Å². The minimum atomic E-state index is -0.377. The van der Waals surface area contributed by atoms with Crippen molar-refractivity contribution in [1.82, 2.24) is 9.78 Å². The Morgan fingerprint density at radius 1 is 1.39 bits per heavy atom. The van der Waals surface area contributed by atoms with Gasteiger partial charge in [-0.3, -0.25) is 9.48 Å². The molecule has 1 N–H and O–H groups in total. The lowest BCUT2D eigenvalue weighted by atomic mass is 10.3. The third-order valence-electron chi connectivity index (χ3n) is 2.20. The van der Waals surface area contributed by atoms with Crippen LogP contribution in [0.15, 0.2) is 28.9 Å². The number of nitrogens with one attached hydrogen (secondary N) is 1. The molecule has 0 saturated heterocycles. The van der Waals surface area contributed by atoms with Crippen LogP contribution in [-0.2, 0) is 7.05 Å². The number of aromatic nitrogens is 2. The molecule has 0 aliphatic heterocycles. The number of aryl methyl sites for hydroxylation is 1. The molecule has 0 radical (unpaired) electrons. The smallest absolute Gasteiger partial charge is 0.277 e. The topological polar surface area (TPSA) is 46.9 Å². The minimum Gasteiger partial charge on any atom is -0.318 e. The lowest BCUT2D eigenvalue weighted by Crippen LogP contribution is -2.14. The summed E-state index contributed by atoms with van der Waals surface area (Å²) in [5.41, 5.74) is 0.650. The summed E-state index contributed by atoms with van der Waals surface area (Å²) in [6.45, 7) is 0. The van der Waals surface area contributed by atoms with E-state index in [2.05, 4.69) is 26.3 Å². The fourth-order valence-electron chi connectivity index (χ4n) is 1.40. The zero-order valence-electron chi connectivity index (χ0n) is 9.25. The molecule has 18 heavy (non-hydrogen) atoms. The Morgan fingerprint density at radius 2 is 2.00 bits per heavy atom. The first-order chi connectivity index (χ1) is 8.49. The number of amides is 1. The fourth-order valence-corrected chi connectivity index (χ4v) is 2.45. The summed E-state index contributed by atoms with van der Waals surface area (Å²) < 4.78 is 2.14. The van der Waals surface area contributed by atoms with Crippen molar-refractivity contribution in [1.29, 1.82) is 0 Å². The summed E-state index contributed by atoms with van der Waals surface area (Å²) in [4.78, 5) is 12.0. The lowest BCUT2D eigenvalue weighted by Gasteiger charge is -2.07. The Balaban J connectivity index is 2.30. The summed E-state index contributed by atoms with van der Waals surface area (Å²) in [7, 11) is 1.73. The monoisotopic (exact) mass is 347 g/mol. The van der Waals surface area contributed by atoms with Crippen molar-refractivity contribution in [3.05, 3.63) is 44.6 Å².